The van der Waals surface area contributed by atoms with Crippen LogP contribution in [0.25, 0.3) is 0 Å². The van der Waals surface area contributed by atoms with Crippen LogP contribution in [-0.4, -0.2) is 69.7 Å². The van der Waals surface area contributed by atoms with E-state index in [0.29, 0.717) is 37.5 Å². The van der Waals surface area contributed by atoms with Gasteiger partial charge in [0.05, 0.1) is 23.3 Å². The van der Waals surface area contributed by atoms with Gasteiger partial charge in [0.1, 0.15) is 0 Å². The van der Waals surface area contributed by atoms with Crippen LogP contribution in [-0.2, 0) is 51.3 Å². The van der Waals surface area contributed by atoms with Gasteiger partial charge in [-0.25, -0.2) is 29.1 Å². The Kier molecular flexibility index (Phi) is 8.32. The fourth-order valence-electron chi connectivity index (χ4n) is 12.3. The zero-order valence-corrected chi connectivity index (χ0v) is 31.1. The average molecular weight is 727 g/mol. The van der Waals surface area contributed by atoms with Gasteiger partial charge in [0.15, 0.2) is 23.8 Å². The molecule has 10 aliphatic rings. The van der Waals surface area contributed by atoms with E-state index in [0.717, 1.165) is 49.7 Å². The predicted octanol–water partition coefficient (Wildman–Crippen LogP) is 6.67. The zero-order valence-electron chi connectivity index (χ0n) is 31.1. The van der Waals surface area contributed by atoms with Gasteiger partial charge in [-0.05, 0) is 124 Å². The summed E-state index contributed by atoms with van der Waals surface area (Å²) in [5, 5.41) is 20.4. The summed E-state index contributed by atoms with van der Waals surface area (Å²) in [5.41, 5.74) is -0.449. The molecule has 10 fully saturated rings. The Morgan fingerprint density at radius 1 is 0.615 bits per heavy atom. The standard InChI is InChI=1S/C40H54O12/c1-19-7-9-29-21(3)31(45-35-39(29)27(19)11-13-37(5,47-35)49-51-39)17-23-15-25(33(41)42)26(34(43)44)16-24(23)18-32-22(4)30-10-8-20(2)28-12-14-38(6)48-36(46-32)40(28,30)52-50-38/h15-16,19-22,27-32,35-36H,7-14,17-18H2,1-6H3,(H,41,42)(H,43,44)/t19-,20-,21-,22-,27+,28+,29+,30+,31-,32-,35-,36-,37+,38+,39-,40-/m1/s1. The van der Waals surface area contributed by atoms with Crippen LogP contribution >= 0.6 is 0 Å². The van der Waals surface area contributed by atoms with Gasteiger partial charge in [0, 0.05) is 24.7 Å². The van der Waals surface area contributed by atoms with Gasteiger partial charge in [-0.1, -0.05) is 27.7 Å². The quantitative estimate of drug-likeness (QED) is 0.302. The second kappa shape index (κ2) is 12.2. The molecule has 2 aliphatic carbocycles. The molecule has 12 heteroatoms. The van der Waals surface area contributed by atoms with Gasteiger partial charge < -0.3 is 29.2 Å². The van der Waals surface area contributed by atoms with Crippen molar-refractivity contribution in [3.63, 3.8) is 0 Å². The topological polar surface area (TPSA) is 148 Å². The lowest BCUT2D eigenvalue weighted by Crippen LogP contribution is -2.70. The molecule has 2 spiro atoms. The summed E-state index contributed by atoms with van der Waals surface area (Å²) in [5.74, 6) is -2.83. The molecule has 1 aromatic rings. The van der Waals surface area contributed by atoms with E-state index < -0.39 is 47.3 Å². The molecule has 52 heavy (non-hydrogen) atoms. The first-order chi connectivity index (χ1) is 24.7. The number of carbonyl (C=O) groups is 2. The summed E-state index contributed by atoms with van der Waals surface area (Å²) in [6.45, 7) is 12.7. The van der Waals surface area contributed by atoms with Crippen LogP contribution in [0.5, 0.6) is 0 Å². The lowest BCUT2D eigenvalue weighted by Gasteiger charge is -2.60. The molecule has 1 aromatic carbocycles. The highest BCUT2D eigenvalue weighted by Crippen LogP contribution is 2.62. The Hall–Kier alpha value is -2.16. The average Bonchev–Trinajstić information content (AvgIpc) is 3.47. The van der Waals surface area contributed by atoms with Crippen molar-refractivity contribution < 1.29 is 58.3 Å². The smallest absolute Gasteiger partial charge is 0.336 e. The molecule has 12 nitrogen and oxygen atoms in total. The highest BCUT2D eigenvalue weighted by Gasteiger charge is 2.71. The van der Waals surface area contributed by atoms with Gasteiger partial charge >= 0.3 is 11.9 Å². The molecule has 2 N–H and O–H groups in total. The second-order valence-electron chi connectivity index (χ2n) is 18.1. The van der Waals surface area contributed by atoms with Crippen LogP contribution in [0.2, 0.25) is 0 Å². The number of aromatic carboxylic acids is 2. The molecule has 4 bridgehead atoms. The maximum absolute atomic E-state index is 12.5. The number of hydrogen-bond acceptors (Lipinski definition) is 10. The van der Waals surface area contributed by atoms with Crippen molar-refractivity contribution in [2.45, 2.75) is 153 Å². The summed E-state index contributed by atoms with van der Waals surface area (Å²) in [6, 6.07) is 3.09. The van der Waals surface area contributed by atoms with E-state index in [1.54, 1.807) is 12.1 Å². The van der Waals surface area contributed by atoms with Crippen molar-refractivity contribution in [1.29, 1.82) is 0 Å². The van der Waals surface area contributed by atoms with Crippen molar-refractivity contribution in [3.8, 4) is 0 Å². The van der Waals surface area contributed by atoms with E-state index in [1.165, 1.54) is 0 Å². The van der Waals surface area contributed by atoms with Crippen LogP contribution in [0.1, 0.15) is 125 Å². The normalized spacial score (nSPS) is 50.4. The minimum Gasteiger partial charge on any atom is -0.478 e. The van der Waals surface area contributed by atoms with Gasteiger partial charge in [0.25, 0.3) is 0 Å². The maximum Gasteiger partial charge on any atom is 0.336 e. The summed E-state index contributed by atoms with van der Waals surface area (Å²) in [4.78, 5) is 49.8. The molecule has 11 rings (SSSR count). The largest absolute Gasteiger partial charge is 0.478 e. The molecule has 16 atom stereocenters. The molecular formula is C40H54O12. The van der Waals surface area contributed by atoms with Crippen LogP contribution in [0, 0.1) is 47.3 Å². The Labute approximate surface area is 304 Å². The predicted molar refractivity (Wildman–Crippen MR) is 181 cm³/mol. The highest BCUT2D eigenvalue weighted by molar-refractivity contribution is 6.02. The molecule has 286 valence electrons. The third kappa shape index (κ3) is 5.07. The van der Waals surface area contributed by atoms with Crippen molar-refractivity contribution in [1.82, 2.24) is 0 Å². The molecule has 0 unspecified atom stereocenters. The third-order valence-corrected chi connectivity index (χ3v) is 15.2. The van der Waals surface area contributed by atoms with Crippen LogP contribution in [0.4, 0.5) is 0 Å². The van der Waals surface area contributed by atoms with E-state index in [9.17, 15) is 19.8 Å². The van der Waals surface area contributed by atoms with E-state index in [2.05, 4.69) is 27.7 Å². The van der Waals surface area contributed by atoms with E-state index in [4.69, 9.17) is 38.5 Å². The van der Waals surface area contributed by atoms with Crippen LogP contribution < -0.4 is 0 Å². The SMILES string of the molecule is C[C@H]1[C@@H](Cc2cc(C(=O)O)c(C(=O)O)cc2C[C@H]2O[C@@H]3O[C@]4(C)CC[C@H]5[C@H](C)CC[C@@H]([C@H]2C)[C@@]35OO4)O[C@@H]2O[C@]3(C)CC[C@H]4[C@H](C)CC[C@@H]1[C@@]24OO3. The Bertz CT molecular complexity index is 1520. The Morgan fingerprint density at radius 2 is 1.02 bits per heavy atom. The van der Waals surface area contributed by atoms with E-state index in [-0.39, 0.29) is 58.8 Å². The van der Waals surface area contributed by atoms with Crippen molar-refractivity contribution in [2.75, 3.05) is 0 Å². The number of hydrogen-bond donors (Lipinski definition) is 2. The monoisotopic (exact) mass is 726 g/mol. The van der Waals surface area contributed by atoms with E-state index in [1.807, 2.05) is 13.8 Å². The van der Waals surface area contributed by atoms with Gasteiger partial charge in [-0.3, -0.25) is 0 Å². The highest BCUT2D eigenvalue weighted by atomic mass is 17.3. The number of fused-ring (bicyclic) bond motifs is 4. The number of rotatable bonds is 6. The van der Waals surface area contributed by atoms with Crippen molar-refractivity contribution in [2.24, 2.45) is 47.3 Å². The molecular weight excluding hydrogens is 672 g/mol. The Balaban J connectivity index is 1.07. The number of carboxylic acid groups (broad SMARTS) is 2. The number of ether oxygens (including phenoxy) is 4. The minimum atomic E-state index is -1.28. The third-order valence-electron chi connectivity index (χ3n) is 15.2. The van der Waals surface area contributed by atoms with Crippen molar-refractivity contribution in [3.05, 3.63) is 34.4 Å². The lowest BCUT2D eigenvalue weighted by atomic mass is 9.57. The Morgan fingerprint density at radius 3 is 1.40 bits per heavy atom. The molecule has 0 aromatic heterocycles. The first-order valence-corrected chi connectivity index (χ1v) is 19.7. The van der Waals surface area contributed by atoms with E-state index >= 15 is 0 Å². The van der Waals surface area contributed by atoms with Gasteiger partial charge in [0.2, 0.25) is 11.6 Å². The number of benzene rings is 1. The summed E-state index contributed by atoms with van der Waals surface area (Å²) in [6.07, 6.45) is 6.09. The van der Waals surface area contributed by atoms with Crippen molar-refractivity contribution >= 4 is 11.9 Å². The number of carboxylic acids is 2. The fourth-order valence-corrected chi connectivity index (χ4v) is 12.3. The summed E-state index contributed by atoms with van der Waals surface area (Å²) < 4.78 is 27.1. The molecule has 2 saturated carbocycles. The van der Waals surface area contributed by atoms with Gasteiger partial charge in [-0.15, -0.1) is 0 Å². The molecule has 0 radical (unpaired) electrons. The fraction of sp³-hybridized carbons (Fsp3) is 0.800. The first-order valence-electron chi connectivity index (χ1n) is 19.7. The molecule has 8 aliphatic heterocycles. The summed E-state index contributed by atoms with van der Waals surface area (Å²) in [7, 11) is 0. The van der Waals surface area contributed by atoms with Crippen LogP contribution in [0.15, 0.2) is 12.1 Å². The second-order valence-corrected chi connectivity index (χ2v) is 18.1. The molecule has 8 heterocycles. The first kappa shape index (κ1) is 35.5. The summed E-state index contributed by atoms with van der Waals surface area (Å²) >= 11 is 0. The van der Waals surface area contributed by atoms with Crippen LogP contribution in [0.3, 0.4) is 0 Å². The van der Waals surface area contributed by atoms with Gasteiger partial charge in [-0.2, -0.15) is 0 Å². The lowest BCUT2D eigenvalue weighted by molar-refractivity contribution is -0.571. The molecule has 8 saturated heterocycles. The maximum atomic E-state index is 12.5. The molecule has 0 amide bonds. The minimum absolute atomic E-state index is 0.0277. The zero-order chi connectivity index (χ0) is 36.5.